The van der Waals surface area contributed by atoms with Crippen molar-refractivity contribution in [1.29, 1.82) is 0 Å². The molecule has 32 heavy (non-hydrogen) atoms. The van der Waals surface area contributed by atoms with E-state index in [9.17, 15) is 18.0 Å². The molecule has 0 atom stereocenters. The van der Waals surface area contributed by atoms with E-state index in [0.717, 1.165) is 0 Å². The molecule has 11 heteroatoms. The Labute approximate surface area is 186 Å². The summed E-state index contributed by atoms with van der Waals surface area (Å²) in [6.45, 7) is 7.06. The van der Waals surface area contributed by atoms with Gasteiger partial charge in [-0.1, -0.05) is 6.92 Å². The predicted molar refractivity (Wildman–Crippen MR) is 117 cm³/mol. The van der Waals surface area contributed by atoms with Crippen molar-refractivity contribution < 1.29 is 37.0 Å². The third-order valence-electron chi connectivity index (χ3n) is 4.61. The van der Waals surface area contributed by atoms with Crippen molar-refractivity contribution in [2.75, 3.05) is 33.0 Å². The number of furan rings is 1. The van der Waals surface area contributed by atoms with Crippen LogP contribution in [0.2, 0.25) is 0 Å². The fraction of sp³-hybridized carbons (Fsp3) is 0.429. The van der Waals surface area contributed by atoms with E-state index >= 15 is 0 Å². The van der Waals surface area contributed by atoms with Gasteiger partial charge in [-0.05, 0) is 44.5 Å². The second-order valence-corrected chi connectivity index (χ2v) is 8.42. The number of nitrogens with one attached hydrogen (secondary N) is 1. The van der Waals surface area contributed by atoms with Crippen LogP contribution in [0.5, 0.6) is 5.75 Å². The second-order valence-electron chi connectivity index (χ2n) is 6.69. The van der Waals surface area contributed by atoms with Gasteiger partial charge in [-0.15, -0.1) is 0 Å². The Hall–Kier alpha value is -2.89. The maximum absolute atomic E-state index is 12.7. The number of esters is 1. The largest absolute Gasteiger partial charge is 0.478 e. The number of allylic oxidation sites excluding steroid dienone is 1. The molecule has 0 radical (unpaired) electrons. The van der Waals surface area contributed by atoms with Crippen molar-refractivity contribution in [3.63, 3.8) is 0 Å². The van der Waals surface area contributed by atoms with Crippen molar-refractivity contribution in [3.05, 3.63) is 30.0 Å². The molecule has 176 valence electrons. The molecule has 1 heterocycles. The first kappa shape index (κ1) is 25.4. The number of benzene rings is 1. The van der Waals surface area contributed by atoms with Gasteiger partial charge in [-0.2, -0.15) is 0 Å². The number of hydrogen-bond acceptors (Lipinski definition) is 8. The predicted octanol–water partition coefficient (Wildman–Crippen LogP) is 1.87. The van der Waals surface area contributed by atoms with Crippen LogP contribution in [-0.4, -0.2) is 63.3 Å². The Morgan fingerprint density at radius 2 is 1.91 bits per heavy atom. The Bertz CT molecular complexity index is 1100. The molecule has 1 amide bonds. The highest BCUT2D eigenvalue weighted by Gasteiger charge is 2.23. The first-order valence-electron chi connectivity index (χ1n) is 10.1. The number of likely N-dealkylation sites (N-methyl/N-ethyl adjacent to an activating group) is 1. The van der Waals surface area contributed by atoms with Crippen LogP contribution in [0.15, 0.2) is 33.6 Å². The summed E-state index contributed by atoms with van der Waals surface area (Å²) in [5, 5.41) is 8.90. The van der Waals surface area contributed by atoms with Gasteiger partial charge in [0.15, 0.2) is 24.7 Å². The van der Waals surface area contributed by atoms with E-state index in [0.29, 0.717) is 18.7 Å². The fourth-order valence-corrected chi connectivity index (χ4v) is 4.24. The molecular formula is C21H28N2O8S. The van der Waals surface area contributed by atoms with E-state index in [4.69, 9.17) is 14.3 Å². The summed E-state index contributed by atoms with van der Waals surface area (Å²) < 4.78 is 43.5. The average molecular weight is 469 g/mol. The van der Waals surface area contributed by atoms with Gasteiger partial charge in [0, 0.05) is 31.1 Å². The molecule has 0 aliphatic carbocycles. The lowest BCUT2D eigenvalue weighted by molar-refractivity contribution is -0.154. The van der Waals surface area contributed by atoms with Crippen LogP contribution in [0.25, 0.3) is 16.5 Å². The number of nitrogens with zero attached hydrogens (tertiary/aromatic N) is 1. The van der Waals surface area contributed by atoms with Gasteiger partial charge in [0.1, 0.15) is 5.76 Å². The maximum Gasteiger partial charge on any atom is 0.346 e. The number of carbonyl (C=O) groups is 2. The van der Waals surface area contributed by atoms with Crippen LogP contribution in [0.1, 0.15) is 33.5 Å². The highest BCUT2D eigenvalue weighted by Crippen LogP contribution is 2.36. The third-order valence-corrected chi connectivity index (χ3v) is 6.21. The Morgan fingerprint density at radius 1 is 1.22 bits per heavy atom. The van der Waals surface area contributed by atoms with Gasteiger partial charge in [0.2, 0.25) is 15.9 Å². The Balaban J connectivity index is 2.56. The molecule has 0 fully saturated rings. The van der Waals surface area contributed by atoms with E-state index in [1.165, 1.54) is 24.3 Å². The first-order chi connectivity index (χ1) is 15.2. The number of amides is 1. The van der Waals surface area contributed by atoms with Gasteiger partial charge < -0.3 is 23.9 Å². The zero-order valence-electron chi connectivity index (χ0n) is 18.5. The first-order valence-corrected chi connectivity index (χ1v) is 11.6. The third kappa shape index (κ3) is 5.87. The lowest BCUT2D eigenvalue weighted by atomic mass is 10.2. The summed E-state index contributed by atoms with van der Waals surface area (Å²) in [5.74, 6) is -0.615. The zero-order chi connectivity index (χ0) is 23.9. The molecule has 2 rings (SSSR count). The number of ether oxygens (including phenoxy) is 2. The van der Waals surface area contributed by atoms with Crippen LogP contribution < -0.4 is 9.46 Å². The Kier molecular flexibility index (Phi) is 8.81. The van der Waals surface area contributed by atoms with Gasteiger partial charge in [-0.25, -0.2) is 17.9 Å². The molecule has 0 bridgehead atoms. The summed E-state index contributed by atoms with van der Waals surface area (Å²) in [4.78, 5) is 25.6. The van der Waals surface area contributed by atoms with Crippen molar-refractivity contribution in [3.8, 4) is 5.75 Å². The molecule has 1 aromatic carbocycles. The molecule has 2 aromatic rings. The van der Waals surface area contributed by atoms with Gasteiger partial charge in [0.25, 0.3) is 0 Å². The van der Waals surface area contributed by atoms with Crippen molar-refractivity contribution >= 4 is 38.4 Å². The fourth-order valence-electron chi connectivity index (χ4n) is 3.02. The molecule has 0 saturated heterocycles. The van der Waals surface area contributed by atoms with Crippen LogP contribution >= 0.6 is 0 Å². The SMILES string of the molecule is CCNS(=O)(=O)c1ccc(OCC(=O)OCO)c2oc(/C(C)=C/C(=O)N(CC)CC)cc12. The van der Waals surface area contributed by atoms with Crippen LogP contribution in [0, 0.1) is 0 Å². The van der Waals surface area contributed by atoms with Crippen molar-refractivity contribution in [2.24, 2.45) is 0 Å². The van der Waals surface area contributed by atoms with E-state index in [1.54, 1.807) is 18.7 Å². The van der Waals surface area contributed by atoms with Crippen LogP contribution in [-0.2, 0) is 24.3 Å². The number of aliphatic hydroxyl groups excluding tert-OH is 1. The van der Waals surface area contributed by atoms with E-state index in [1.807, 2.05) is 13.8 Å². The minimum Gasteiger partial charge on any atom is -0.478 e. The smallest absolute Gasteiger partial charge is 0.346 e. The standard InChI is InChI=1S/C21H28N2O8S/c1-5-22-32(27,28)18-9-8-16(29-12-20(26)30-13-24)21-15(18)11-17(31-21)14(4)10-19(25)23(6-2)7-3/h8-11,22,24H,5-7,12-13H2,1-4H3/b14-10+. The summed E-state index contributed by atoms with van der Waals surface area (Å²) in [5.41, 5.74) is 0.592. The minimum absolute atomic E-state index is 0.0301. The molecule has 0 saturated carbocycles. The number of aliphatic hydroxyl groups is 1. The van der Waals surface area contributed by atoms with Crippen molar-refractivity contribution in [2.45, 2.75) is 32.6 Å². The number of hydrogen-bond donors (Lipinski definition) is 2. The van der Waals surface area contributed by atoms with E-state index < -0.39 is 29.4 Å². The van der Waals surface area contributed by atoms with Gasteiger partial charge in [-0.3, -0.25) is 4.79 Å². The highest BCUT2D eigenvalue weighted by molar-refractivity contribution is 7.89. The number of sulfonamides is 1. The summed E-state index contributed by atoms with van der Waals surface area (Å²) in [6, 6.07) is 4.22. The molecule has 0 unspecified atom stereocenters. The molecule has 1 aromatic heterocycles. The second kappa shape index (κ2) is 11.1. The highest BCUT2D eigenvalue weighted by atomic mass is 32.2. The molecular weight excluding hydrogens is 440 g/mol. The van der Waals surface area contributed by atoms with Crippen molar-refractivity contribution in [1.82, 2.24) is 9.62 Å². The van der Waals surface area contributed by atoms with E-state index in [-0.39, 0.29) is 39.8 Å². The lowest BCUT2D eigenvalue weighted by Crippen LogP contribution is -2.28. The zero-order valence-corrected chi connectivity index (χ0v) is 19.3. The monoisotopic (exact) mass is 468 g/mol. The number of carbonyl (C=O) groups excluding carboxylic acids is 2. The van der Waals surface area contributed by atoms with Crippen LogP contribution in [0.4, 0.5) is 0 Å². The molecule has 0 aliphatic rings. The van der Waals surface area contributed by atoms with Crippen LogP contribution in [0.3, 0.4) is 0 Å². The number of fused-ring (bicyclic) bond motifs is 1. The lowest BCUT2D eigenvalue weighted by Gasteiger charge is -2.16. The summed E-state index contributed by atoms with van der Waals surface area (Å²) in [7, 11) is -3.84. The Morgan fingerprint density at radius 3 is 2.50 bits per heavy atom. The number of rotatable bonds is 11. The quantitative estimate of drug-likeness (QED) is 0.290. The minimum atomic E-state index is -3.84. The normalized spacial score (nSPS) is 12.1. The summed E-state index contributed by atoms with van der Waals surface area (Å²) in [6.07, 6.45) is 1.42. The van der Waals surface area contributed by atoms with Gasteiger partial charge in [0.05, 0.1) is 4.90 Å². The molecule has 0 aliphatic heterocycles. The molecule has 0 spiro atoms. The van der Waals surface area contributed by atoms with E-state index in [2.05, 4.69) is 9.46 Å². The van der Waals surface area contributed by atoms with Gasteiger partial charge >= 0.3 is 5.97 Å². The maximum atomic E-state index is 12.7. The average Bonchev–Trinajstić information content (AvgIpc) is 3.18. The topological polar surface area (TPSA) is 135 Å². The summed E-state index contributed by atoms with van der Waals surface area (Å²) >= 11 is 0. The molecule has 10 nitrogen and oxygen atoms in total. The molecule has 2 N–H and O–H groups in total.